The number of methoxy groups -OCH3 is 2. The third-order valence-corrected chi connectivity index (χ3v) is 5.69. The third kappa shape index (κ3) is 4.91. The van der Waals surface area contributed by atoms with E-state index in [0.717, 1.165) is 23.6 Å². The molecule has 0 aromatic heterocycles. The Labute approximate surface area is 185 Å². The molecule has 1 atom stereocenters. The van der Waals surface area contributed by atoms with Gasteiger partial charge in [-0.2, -0.15) is 0 Å². The van der Waals surface area contributed by atoms with Gasteiger partial charge >= 0.3 is 5.97 Å². The molecule has 0 spiro atoms. The highest BCUT2D eigenvalue weighted by Gasteiger charge is 2.38. The van der Waals surface area contributed by atoms with Crippen LogP contribution in [0.4, 0.5) is 18.9 Å². The van der Waals surface area contributed by atoms with E-state index in [2.05, 4.69) is 4.74 Å². The van der Waals surface area contributed by atoms with Gasteiger partial charge in [-0.15, -0.1) is 0 Å². The van der Waals surface area contributed by atoms with Gasteiger partial charge in [-0.25, -0.2) is 18.0 Å². The summed E-state index contributed by atoms with van der Waals surface area (Å²) in [5.74, 6) is -3.97. The molecule has 0 radical (unpaired) electrons. The number of halogens is 3. The van der Waals surface area contributed by atoms with Gasteiger partial charge in [-0.3, -0.25) is 4.90 Å². The number of nitrogens with zero attached hydrogens (tertiary/aromatic N) is 1. The summed E-state index contributed by atoms with van der Waals surface area (Å²) in [7, 11) is 2.63. The minimum atomic E-state index is -2.97. The zero-order valence-electron chi connectivity index (χ0n) is 18.5. The Kier molecular flexibility index (Phi) is 6.83. The van der Waals surface area contributed by atoms with E-state index in [1.54, 1.807) is 23.1 Å². The van der Waals surface area contributed by atoms with Gasteiger partial charge in [0.2, 0.25) is 0 Å². The Morgan fingerprint density at radius 3 is 2.66 bits per heavy atom. The summed E-state index contributed by atoms with van der Waals surface area (Å²) in [6, 6.07) is 5.52. The van der Waals surface area contributed by atoms with E-state index in [1.807, 2.05) is 6.92 Å². The van der Waals surface area contributed by atoms with E-state index in [9.17, 15) is 13.6 Å². The molecule has 1 aliphatic rings. The number of hydrogen-bond acceptors (Lipinski definition) is 5. The summed E-state index contributed by atoms with van der Waals surface area (Å²) in [6.45, 7) is 2.51. The van der Waals surface area contributed by atoms with Crippen molar-refractivity contribution >= 4 is 17.7 Å². The molecular weight excluding hydrogens is 421 g/mol. The number of benzene rings is 2. The second-order valence-corrected chi connectivity index (χ2v) is 8.02. The van der Waals surface area contributed by atoms with Crippen LogP contribution in [0.25, 0.3) is 6.08 Å². The molecule has 172 valence electrons. The average Bonchev–Trinajstić information content (AvgIpc) is 2.73. The van der Waals surface area contributed by atoms with Crippen molar-refractivity contribution < 1.29 is 27.4 Å². The quantitative estimate of drug-likeness (QED) is 0.400. The lowest BCUT2D eigenvalue weighted by Gasteiger charge is -2.40. The van der Waals surface area contributed by atoms with Crippen LogP contribution in [-0.2, 0) is 16.0 Å². The molecule has 2 aromatic rings. The van der Waals surface area contributed by atoms with Gasteiger partial charge in [0.25, 0.3) is 5.92 Å². The van der Waals surface area contributed by atoms with Crippen LogP contribution in [0.5, 0.6) is 5.75 Å². The first-order valence-corrected chi connectivity index (χ1v) is 10.2. The number of nitrogen functional groups attached to an aromatic ring is 1. The lowest BCUT2D eigenvalue weighted by molar-refractivity contribution is -0.134. The SMILES string of the molecule is COC(=O)/C=C/c1cc(F)c(C2c3ccc(N)c(C)c3CCN2CC(C)(F)F)c(OC)c1. The second kappa shape index (κ2) is 9.24. The smallest absolute Gasteiger partial charge is 0.330 e. The van der Waals surface area contributed by atoms with Gasteiger partial charge in [-0.1, -0.05) is 6.07 Å². The van der Waals surface area contributed by atoms with E-state index in [-0.39, 0.29) is 11.3 Å². The first-order valence-electron chi connectivity index (χ1n) is 10.2. The number of ether oxygens (including phenoxy) is 2. The summed E-state index contributed by atoms with van der Waals surface area (Å²) < 4.78 is 53.6. The highest BCUT2D eigenvalue weighted by molar-refractivity contribution is 5.87. The van der Waals surface area contributed by atoms with Gasteiger partial charge in [0.1, 0.15) is 11.6 Å². The van der Waals surface area contributed by atoms with E-state index in [1.165, 1.54) is 32.4 Å². The molecule has 5 nitrogen and oxygen atoms in total. The first kappa shape index (κ1) is 23.7. The lowest BCUT2D eigenvalue weighted by atomic mass is 9.84. The van der Waals surface area contributed by atoms with Gasteiger partial charge in [0, 0.05) is 25.2 Å². The van der Waals surface area contributed by atoms with Crippen LogP contribution in [0.2, 0.25) is 0 Å². The minimum absolute atomic E-state index is 0.164. The molecule has 3 rings (SSSR count). The van der Waals surface area contributed by atoms with Crippen molar-refractivity contribution in [2.75, 3.05) is 33.0 Å². The first-order chi connectivity index (χ1) is 15.1. The number of hydrogen-bond donors (Lipinski definition) is 1. The topological polar surface area (TPSA) is 64.8 Å². The normalized spacial score (nSPS) is 16.8. The zero-order chi connectivity index (χ0) is 23.6. The highest BCUT2D eigenvalue weighted by Crippen LogP contribution is 2.43. The lowest BCUT2D eigenvalue weighted by Crippen LogP contribution is -2.43. The number of anilines is 1. The Bertz CT molecular complexity index is 1050. The second-order valence-electron chi connectivity index (χ2n) is 8.02. The molecule has 1 heterocycles. The maximum Gasteiger partial charge on any atom is 0.330 e. The molecular formula is C24H27F3N2O3. The average molecular weight is 448 g/mol. The van der Waals surface area contributed by atoms with Crippen molar-refractivity contribution in [2.45, 2.75) is 32.2 Å². The Hall–Kier alpha value is -3.00. The number of esters is 1. The number of rotatable bonds is 6. The Morgan fingerprint density at radius 1 is 1.31 bits per heavy atom. The van der Waals surface area contributed by atoms with Crippen LogP contribution in [0.3, 0.4) is 0 Å². The van der Waals surface area contributed by atoms with Gasteiger partial charge < -0.3 is 15.2 Å². The molecule has 0 saturated heterocycles. The molecule has 8 heteroatoms. The molecule has 0 amide bonds. The molecule has 2 aromatic carbocycles. The molecule has 2 N–H and O–H groups in total. The monoisotopic (exact) mass is 448 g/mol. The molecule has 0 fully saturated rings. The highest BCUT2D eigenvalue weighted by atomic mass is 19.3. The predicted octanol–water partition coefficient (Wildman–Crippen LogP) is 4.51. The van der Waals surface area contributed by atoms with Crippen LogP contribution >= 0.6 is 0 Å². The van der Waals surface area contributed by atoms with Gasteiger partial charge in [0.15, 0.2) is 0 Å². The van der Waals surface area contributed by atoms with E-state index >= 15 is 4.39 Å². The van der Waals surface area contributed by atoms with Crippen LogP contribution in [-0.4, -0.2) is 44.1 Å². The van der Waals surface area contributed by atoms with Crippen LogP contribution in [0, 0.1) is 12.7 Å². The van der Waals surface area contributed by atoms with Crippen LogP contribution in [0.15, 0.2) is 30.3 Å². The molecule has 1 unspecified atom stereocenters. The summed E-state index contributed by atoms with van der Waals surface area (Å²) in [5.41, 5.74) is 9.73. The fourth-order valence-electron chi connectivity index (χ4n) is 4.21. The van der Waals surface area contributed by atoms with Crippen molar-refractivity contribution in [2.24, 2.45) is 0 Å². The third-order valence-electron chi connectivity index (χ3n) is 5.69. The zero-order valence-corrected chi connectivity index (χ0v) is 18.5. The van der Waals surface area contributed by atoms with E-state index in [4.69, 9.17) is 10.5 Å². The molecule has 0 aliphatic carbocycles. The maximum absolute atomic E-state index is 15.5. The number of carbonyl (C=O) groups excluding carboxylic acids is 1. The predicted molar refractivity (Wildman–Crippen MR) is 117 cm³/mol. The Morgan fingerprint density at radius 2 is 2.03 bits per heavy atom. The van der Waals surface area contributed by atoms with E-state index < -0.39 is 30.3 Å². The van der Waals surface area contributed by atoms with E-state index in [0.29, 0.717) is 24.2 Å². The standard InChI is InChI=1S/C24H27F3N2O3/c1-14-16-9-10-29(13-24(2,26)27)23(17(16)6-7-19(14)28)22-18(25)11-15(12-20(22)31-3)5-8-21(30)32-4/h5-8,11-12,23H,9-10,13,28H2,1-4H3/b8-5+. The fraction of sp³-hybridized carbons (Fsp3) is 0.375. The number of fused-ring (bicyclic) bond motifs is 1. The van der Waals surface area contributed by atoms with Crippen LogP contribution < -0.4 is 10.5 Å². The summed E-state index contributed by atoms with van der Waals surface area (Å²) in [4.78, 5) is 13.0. The number of carbonyl (C=O) groups is 1. The fourth-order valence-corrected chi connectivity index (χ4v) is 4.21. The van der Waals surface area contributed by atoms with Crippen molar-refractivity contribution in [3.05, 3.63) is 64.0 Å². The molecule has 0 saturated carbocycles. The molecule has 32 heavy (non-hydrogen) atoms. The maximum atomic E-state index is 15.5. The molecule has 0 bridgehead atoms. The summed E-state index contributed by atoms with van der Waals surface area (Å²) in [5, 5.41) is 0. The van der Waals surface area contributed by atoms with Crippen molar-refractivity contribution in [1.29, 1.82) is 0 Å². The largest absolute Gasteiger partial charge is 0.496 e. The molecule has 1 aliphatic heterocycles. The van der Waals surface area contributed by atoms with Crippen molar-refractivity contribution in [3.63, 3.8) is 0 Å². The summed E-state index contributed by atoms with van der Waals surface area (Å²) >= 11 is 0. The van der Waals surface area contributed by atoms with Crippen molar-refractivity contribution in [1.82, 2.24) is 4.90 Å². The van der Waals surface area contributed by atoms with Gasteiger partial charge in [0.05, 0.1) is 32.4 Å². The van der Waals surface area contributed by atoms with Crippen molar-refractivity contribution in [3.8, 4) is 5.75 Å². The summed E-state index contributed by atoms with van der Waals surface area (Å²) in [6.07, 6.45) is 3.10. The number of nitrogens with two attached hydrogens (primary N) is 1. The number of alkyl halides is 2. The van der Waals surface area contributed by atoms with Crippen LogP contribution in [0.1, 0.15) is 40.8 Å². The Balaban J connectivity index is 2.18. The minimum Gasteiger partial charge on any atom is -0.496 e. The van der Waals surface area contributed by atoms with Gasteiger partial charge in [-0.05, 0) is 59.9 Å².